The van der Waals surface area contributed by atoms with E-state index >= 15 is 0 Å². The molecule has 3 aromatic rings. The molecule has 0 spiro atoms. The van der Waals surface area contributed by atoms with E-state index in [0.29, 0.717) is 5.56 Å². The van der Waals surface area contributed by atoms with Crippen molar-refractivity contribution in [3.63, 3.8) is 0 Å². The molecular formula is C16H14N6O2. The van der Waals surface area contributed by atoms with Gasteiger partial charge in [0.05, 0.1) is 19.0 Å². The third-order valence-corrected chi connectivity index (χ3v) is 3.22. The highest BCUT2D eigenvalue weighted by atomic mass is 16.5. The Bertz CT molecular complexity index is 843. The van der Waals surface area contributed by atoms with Gasteiger partial charge >= 0.3 is 0 Å². The summed E-state index contributed by atoms with van der Waals surface area (Å²) in [6.45, 7) is 0. The molecule has 8 nitrogen and oxygen atoms in total. The van der Waals surface area contributed by atoms with E-state index in [9.17, 15) is 4.79 Å². The van der Waals surface area contributed by atoms with Gasteiger partial charge in [-0.15, -0.1) is 5.10 Å². The van der Waals surface area contributed by atoms with Crippen molar-refractivity contribution in [3.8, 4) is 11.4 Å². The Hall–Kier alpha value is -3.55. The molecule has 1 heterocycles. The SMILES string of the molecule is COc1cccc(C=NNC(=O)c2ccc(-n3cnnn3)cc2)c1. The van der Waals surface area contributed by atoms with Crippen LogP contribution in [0.4, 0.5) is 0 Å². The molecule has 1 amide bonds. The van der Waals surface area contributed by atoms with Crippen LogP contribution in [0.15, 0.2) is 60.0 Å². The van der Waals surface area contributed by atoms with Crippen LogP contribution >= 0.6 is 0 Å². The summed E-state index contributed by atoms with van der Waals surface area (Å²) in [6, 6.07) is 14.2. The Morgan fingerprint density at radius 1 is 1.25 bits per heavy atom. The van der Waals surface area contributed by atoms with Crippen molar-refractivity contribution in [2.45, 2.75) is 0 Å². The van der Waals surface area contributed by atoms with Crippen molar-refractivity contribution >= 4 is 12.1 Å². The number of hydrazone groups is 1. The largest absolute Gasteiger partial charge is 0.497 e. The van der Waals surface area contributed by atoms with E-state index in [1.165, 1.54) is 11.0 Å². The second kappa shape index (κ2) is 7.14. The van der Waals surface area contributed by atoms with E-state index in [0.717, 1.165) is 17.0 Å². The molecule has 3 rings (SSSR count). The third kappa shape index (κ3) is 3.61. The minimum atomic E-state index is -0.308. The number of hydrogen-bond acceptors (Lipinski definition) is 6. The Morgan fingerprint density at radius 2 is 2.08 bits per heavy atom. The summed E-state index contributed by atoms with van der Waals surface area (Å²) in [7, 11) is 1.59. The Kier molecular flexibility index (Phi) is 4.57. The van der Waals surface area contributed by atoms with E-state index in [1.807, 2.05) is 24.3 Å². The van der Waals surface area contributed by atoms with Gasteiger partial charge in [-0.3, -0.25) is 4.79 Å². The van der Waals surface area contributed by atoms with Crippen molar-refractivity contribution in [1.29, 1.82) is 0 Å². The first-order valence-corrected chi connectivity index (χ1v) is 7.07. The van der Waals surface area contributed by atoms with E-state index in [-0.39, 0.29) is 5.91 Å². The van der Waals surface area contributed by atoms with Gasteiger partial charge in [-0.05, 0) is 52.4 Å². The van der Waals surface area contributed by atoms with Crippen LogP contribution in [0, 0.1) is 0 Å². The number of carbonyl (C=O) groups is 1. The predicted molar refractivity (Wildman–Crippen MR) is 87.2 cm³/mol. The number of tetrazole rings is 1. The van der Waals surface area contributed by atoms with Crippen LogP contribution < -0.4 is 10.2 Å². The van der Waals surface area contributed by atoms with Crippen LogP contribution in [0.25, 0.3) is 5.69 Å². The number of hydrogen-bond donors (Lipinski definition) is 1. The molecule has 0 saturated heterocycles. The highest BCUT2D eigenvalue weighted by Gasteiger charge is 2.05. The van der Waals surface area contributed by atoms with Gasteiger partial charge in [-0.25, -0.2) is 10.1 Å². The number of rotatable bonds is 5. The molecule has 0 saturated carbocycles. The van der Waals surface area contributed by atoms with Gasteiger partial charge in [0.2, 0.25) is 0 Å². The van der Waals surface area contributed by atoms with Crippen LogP contribution in [-0.2, 0) is 0 Å². The number of aromatic nitrogens is 4. The molecule has 0 aliphatic heterocycles. The molecule has 0 aliphatic carbocycles. The third-order valence-electron chi connectivity index (χ3n) is 3.22. The molecule has 0 unspecified atom stereocenters. The zero-order valence-corrected chi connectivity index (χ0v) is 12.8. The summed E-state index contributed by atoms with van der Waals surface area (Å²) in [5.74, 6) is 0.417. The molecule has 0 bridgehead atoms. The predicted octanol–water partition coefficient (Wildman–Crippen LogP) is 1.43. The van der Waals surface area contributed by atoms with Gasteiger partial charge in [-0.2, -0.15) is 5.10 Å². The van der Waals surface area contributed by atoms with E-state index < -0.39 is 0 Å². The first kappa shape index (κ1) is 15.3. The van der Waals surface area contributed by atoms with Gasteiger partial charge in [0.15, 0.2) is 0 Å². The average Bonchev–Trinajstić information content (AvgIpc) is 3.16. The zero-order chi connectivity index (χ0) is 16.8. The normalized spacial score (nSPS) is 10.7. The van der Waals surface area contributed by atoms with Gasteiger partial charge in [0.25, 0.3) is 5.91 Å². The maximum absolute atomic E-state index is 12.1. The van der Waals surface area contributed by atoms with E-state index in [1.54, 1.807) is 37.6 Å². The first-order valence-electron chi connectivity index (χ1n) is 7.07. The number of amides is 1. The van der Waals surface area contributed by atoms with Gasteiger partial charge < -0.3 is 4.74 Å². The molecular weight excluding hydrogens is 308 g/mol. The quantitative estimate of drug-likeness (QED) is 0.566. The lowest BCUT2D eigenvalue weighted by atomic mass is 10.2. The monoisotopic (exact) mass is 322 g/mol. The molecule has 8 heteroatoms. The second-order valence-electron chi connectivity index (χ2n) is 4.78. The first-order chi connectivity index (χ1) is 11.8. The lowest BCUT2D eigenvalue weighted by Crippen LogP contribution is -2.17. The Labute approximate surface area is 137 Å². The lowest BCUT2D eigenvalue weighted by molar-refractivity contribution is 0.0955. The number of carbonyl (C=O) groups excluding carboxylic acids is 1. The van der Waals surface area contributed by atoms with Gasteiger partial charge in [0.1, 0.15) is 12.1 Å². The van der Waals surface area contributed by atoms with Gasteiger partial charge in [0, 0.05) is 5.56 Å². The number of ether oxygens (including phenoxy) is 1. The molecule has 0 aliphatic rings. The summed E-state index contributed by atoms with van der Waals surface area (Å²) < 4.78 is 6.63. The highest BCUT2D eigenvalue weighted by Crippen LogP contribution is 2.11. The number of nitrogens with one attached hydrogen (secondary N) is 1. The van der Waals surface area contributed by atoms with Crippen molar-refractivity contribution in [3.05, 3.63) is 66.0 Å². The van der Waals surface area contributed by atoms with E-state index in [2.05, 4.69) is 26.1 Å². The maximum Gasteiger partial charge on any atom is 0.271 e. The van der Waals surface area contributed by atoms with Crippen LogP contribution in [0.3, 0.4) is 0 Å². The molecule has 0 radical (unpaired) electrons. The van der Waals surface area contributed by atoms with Crippen molar-refractivity contribution in [2.24, 2.45) is 5.10 Å². The van der Waals surface area contributed by atoms with Crippen molar-refractivity contribution < 1.29 is 9.53 Å². The van der Waals surface area contributed by atoms with Crippen LogP contribution in [-0.4, -0.2) is 39.4 Å². The standard InChI is InChI=1S/C16H14N6O2/c1-24-15-4-2-3-12(9-15)10-17-19-16(23)13-5-7-14(8-6-13)22-11-18-20-21-22/h2-11H,1H3,(H,19,23). The summed E-state index contributed by atoms with van der Waals surface area (Å²) in [6.07, 6.45) is 3.03. The summed E-state index contributed by atoms with van der Waals surface area (Å²) in [4.78, 5) is 12.1. The van der Waals surface area contributed by atoms with Crippen LogP contribution in [0.5, 0.6) is 5.75 Å². The number of benzene rings is 2. The fourth-order valence-electron chi connectivity index (χ4n) is 2.00. The summed E-state index contributed by atoms with van der Waals surface area (Å²) >= 11 is 0. The molecule has 2 aromatic carbocycles. The van der Waals surface area contributed by atoms with Crippen LogP contribution in [0.1, 0.15) is 15.9 Å². The zero-order valence-electron chi connectivity index (χ0n) is 12.8. The van der Waals surface area contributed by atoms with Gasteiger partial charge in [-0.1, -0.05) is 12.1 Å². The molecule has 24 heavy (non-hydrogen) atoms. The second-order valence-corrected chi connectivity index (χ2v) is 4.78. The van der Waals surface area contributed by atoms with Crippen molar-refractivity contribution in [1.82, 2.24) is 25.6 Å². The molecule has 0 atom stereocenters. The fraction of sp³-hybridized carbons (Fsp3) is 0.0625. The lowest BCUT2D eigenvalue weighted by Gasteiger charge is -2.03. The topological polar surface area (TPSA) is 94.3 Å². The minimum absolute atomic E-state index is 0.308. The summed E-state index contributed by atoms with van der Waals surface area (Å²) in [5, 5.41) is 14.9. The molecule has 1 N–H and O–H groups in total. The highest BCUT2D eigenvalue weighted by molar-refractivity contribution is 5.95. The van der Waals surface area contributed by atoms with E-state index in [4.69, 9.17) is 4.74 Å². The summed E-state index contributed by atoms with van der Waals surface area (Å²) in [5.41, 5.74) is 4.55. The number of methoxy groups -OCH3 is 1. The van der Waals surface area contributed by atoms with Crippen molar-refractivity contribution in [2.75, 3.05) is 7.11 Å². The fourth-order valence-corrected chi connectivity index (χ4v) is 2.00. The minimum Gasteiger partial charge on any atom is -0.497 e. The van der Waals surface area contributed by atoms with Crippen LogP contribution in [0.2, 0.25) is 0 Å². The molecule has 1 aromatic heterocycles. The average molecular weight is 322 g/mol. The Balaban J connectivity index is 1.63. The Morgan fingerprint density at radius 3 is 2.79 bits per heavy atom. The number of nitrogens with zero attached hydrogens (tertiary/aromatic N) is 5. The molecule has 120 valence electrons. The maximum atomic E-state index is 12.1. The molecule has 0 fully saturated rings. The smallest absolute Gasteiger partial charge is 0.271 e.